The van der Waals surface area contributed by atoms with Crippen molar-refractivity contribution >= 4 is 21.7 Å². The molecule has 0 spiro atoms. The highest BCUT2D eigenvalue weighted by molar-refractivity contribution is 7.89. The van der Waals surface area contributed by atoms with Crippen LogP contribution in [-0.2, 0) is 20.4 Å². The van der Waals surface area contributed by atoms with Crippen molar-refractivity contribution in [3.63, 3.8) is 0 Å². The van der Waals surface area contributed by atoms with Gasteiger partial charge in [0.25, 0.3) is 5.91 Å². The molecular formula is C12H15NO6S. The highest BCUT2D eigenvalue weighted by atomic mass is 32.2. The zero-order chi connectivity index (χ0) is 15.3. The number of hydrogen-bond donors (Lipinski definition) is 3. The maximum absolute atomic E-state index is 11.7. The number of sulfone groups is 1. The fraction of sp³-hybridized carbons (Fsp3) is 0.333. The Morgan fingerprint density at radius 2 is 1.80 bits per heavy atom. The summed E-state index contributed by atoms with van der Waals surface area (Å²) < 4.78 is 22.2. The standard InChI is InChI=1S/C12H15NO6S/c1-20(18,19)7-8-2-4-9(5-3-8)11(15)13-10(6-14)12(16)17/h2-5,10,14H,6-7H2,1H3,(H,13,15)(H,16,17). The molecule has 1 rings (SSSR count). The Hall–Kier alpha value is -1.93. The number of aliphatic carboxylic acids is 1. The Bertz CT molecular complexity index is 593. The van der Waals surface area contributed by atoms with Gasteiger partial charge in [-0.15, -0.1) is 0 Å². The summed E-state index contributed by atoms with van der Waals surface area (Å²) in [7, 11) is -3.16. The van der Waals surface area contributed by atoms with E-state index in [1.54, 1.807) is 0 Å². The van der Waals surface area contributed by atoms with E-state index < -0.39 is 34.4 Å². The monoisotopic (exact) mass is 301 g/mol. The van der Waals surface area contributed by atoms with Crippen LogP contribution in [0.3, 0.4) is 0 Å². The van der Waals surface area contributed by atoms with Crippen LogP contribution in [0.2, 0.25) is 0 Å². The predicted molar refractivity (Wildman–Crippen MR) is 71.0 cm³/mol. The second-order valence-electron chi connectivity index (χ2n) is 4.31. The minimum absolute atomic E-state index is 0.136. The first-order chi connectivity index (χ1) is 9.23. The quantitative estimate of drug-likeness (QED) is 0.645. The van der Waals surface area contributed by atoms with Gasteiger partial charge >= 0.3 is 5.97 Å². The number of carboxylic acids is 1. The first-order valence-electron chi connectivity index (χ1n) is 5.64. The normalized spacial score (nSPS) is 12.7. The van der Waals surface area contributed by atoms with Gasteiger partial charge in [0.1, 0.15) is 0 Å². The molecule has 1 aromatic rings. The van der Waals surface area contributed by atoms with Crippen molar-refractivity contribution in [2.24, 2.45) is 0 Å². The molecule has 7 nitrogen and oxygen atoms in total. The van der Waals surface area contributed by atoms with Crippen LogP contribution >= 0.6 is 0 Å². The van der Waals surface area contributed by atoms with Crippen molar-refractivity contribution in [3.05, 3.63) is 35.4 Å². The van der Waals surface area contributed by atoms with E-state index in [2.05, 4.69) is 5.32 Å². The SMILES string of the molecule is CS(=O)(=O)Cc1ccc(C(=O)NC(CO)C(=O)O)cc1. The van der Waals surface area contributed by atoms with E-state index in [1.165, 1.54) is 24.3 Å². The van der Waals surface area contributed by atoms with Crippen LogP contribution in [0.5, 0.6) is 0 Å². The lowest BCUT2D eigenvalue weighted by molar-refractivity contribution is -0.140. The maximum Gasteiger partial charge on any atom is 0.328 e. The highest BCUT2D eigenvalue weighted by Crippen LogP contribution is 2.08. The van der Waals surface area contributed by atoms with Gasteiger partial charge in [0.15, 0.2) is 15.9 Å². The third-order valence-corrected chi connectivity index (χ3v) is 3.29. The third kappa shape index (κ3) is 4.98. The molecule has 20 heavy (non-hydrogen) atoms. The third-order valence-electron chi connectivity index (χ3n) is 2.43. The Morgan fingerprint density at radius 1 is 1.25 bits per heavy atom. The van der Waals surface area contributed by atoms with Gasteiger partial charge in [0, 0.05) is 11.8 Å². The van der Waals surface area contributed by atoms with Gasteiger partial charge in [0.05, 0.1) is 12.4 Å². The van der Waals surface area contributed by atoms with Crippen LogP contribution in [0, 0.1) is 0 Å². The number of nitrogens with one attached hydrogen (secondary N) is 1. The van der Waals surface area contributed by atoms with E-state index in [1.807, 2.05) is 0 Å². The molecule has 0 saturated heterocycles. The van der Waals surface area contributed by atoms with Gasteiger partial charge in [-0.2, -0.15) is 0 Å². The van der Waals surface area contributed by atoms with Gasteiger partial charge in [-0.3, -0.25) is 4.79 Å². The summed E-state index contributed by atoms with van der Waals surface area (Å²) in [6.45, 7) is -0.715. The Balaban J connectivity index is 2.78. The number of carbonyl (C=O) groups is 2. The van der Waals surface area contributed by atoms with Crippen LogP contribution < -0.4 is 5.32 Å². The Labute approximate surface area is 116 Å². The van der Waals surface area contributed by atoms with Gasteiger partial charge in [-0.25, -0.2) is 13.2 Å². The van der Waals surface area contributed by atoms with Crippen LogP contribution in [0.15, 0.2) is 24.3 Å². The molecule has 0 fully saturated rings. The second kappa shape index (κ2) is 6.49. The van der Waals surface area contributed by atoms with Crippen LogP contribution in [0.4, 0.5) is 0 Å². The molecule has 0 bridgehead atoms. The van der Waals surface area contributed by atoms with E-state index in [4.69, 9.17) is 10.2 Å². The zero-order valence-electron chi connectivity index (χ0n) is 10.7. The summed E-state index contributed by atoms with van der Waals surface area (Å²) >= 11 is 0. The molecule has 1 unspecified atom stereocenters. The summed E-state index contributed by atoms with van der Waals surface area (Å²) in [5.74, 6) is -2.13. The molecule has 1 amide bonds. The summed E-state index contributed by atoms with van der Waals surface area (Å²) in [4.78, 5) is 22.4. The minimum atomic E-state index is -3.16. The molecule has 1 atom stereocenters. The smallest absolute Gasteiger partial charge is 0.328 e. The number of rotatable bonds is 6. The van der Waals surface area contributed by atoms with Gasteiger partial charge in [0.2, 0.25) is 0 Å². The molecule has 0 radical (unpaired) electrons. The lowest BCUT2D eigenvalue weighted by Gasteiger charge is -2.11. The maximum atomic E-state index is 11.7. The van der Waals surface area contributed by atoms with E-state index >= 15 is 0 Å². The number of hydrogen-bond acceptors (Lipinski definition) is 5. The molecule has 0 aliphatic carbocycles. The second-order valence-corrected chi connectivity index (χ2v) is 6.45. The minimum Gasteiger partial charge on any atom is -0.480 e. The summed E-state index contributed by atoms with van der Waals surface area (Å²) in [6.07, 6.45) is 1.10. The summed E-state index contributed by atoms with van der Waals surface area (Å²) in [6, 6.07) is 4.37. The molecule has 0 aliphatic rings. The lowest BCUT2D eigenvalue weighted by atomic mass is 10.1. The zero-order valence-corrected chi connectivity index (χ0v) is 11.6. The largest absolute Gasteiger partial charge is 0.480 e. The van der Waals surface area contributed by atoms with Gasteiger partial charge in [-0.05, 0) is 17.7 Å². The highest BCUT2D eigenvalue weighted by Gasteiger charge is 2.19. The fourth-order valence-electron chi connectivity index (χ4n) is 1.48. The fourth-order valence-corrected chi connectivity index (χ4v) is 2.28. The van der Waals surface area contributed by atoms with E-state index in [9.17, 15) is 18.0 Å². The van der Waals surface area contributed by atoms with Crippen molar-refractivity contribution in [1.82, 2.24) is 5.32 Å². The molecule has 1 aromatic carbocycles. The van der Waals surface area contributed by atoms with Gasteiger partial charge in [-0.1, -0.05) is 12.1 Å². The molecule has 0 aromatic heterocycles. The first-order valence-corrected chi connectivity index (χ1v) is 7.70. The predicted octanol–water partition coefficient (Wildman–Crippen LogP) is -0.593. The van der Waals surface area contributed by atoms with Crippen molar-refractivity contribution in [2.45, 2.75) is 11.8 Å². The molecule has 110 valence electrons. The number of amides is 1. The number of benzene rings is 1. The number of carbonyl (C=O) groups excluding carboxylic acids is 1. The van der Waals surface area contributed by atoms with E-state index in [0.29, 0.717) is 5.56 Å². The lowest BCUT2D eigenvalue weighted by Crippen LogP contribution is -2.43. The van der Waals surface area contributed by atoms with Crippen LogP contribution in [-0.4, -0.2) is 49.4 Å². The Kier molecular flexibility index (Phi) is 5.23. The van der Waals surface area contributed by atoms with Crippen LogP contribution in [0.1, 0.15) is 15.9 Å². The van der Waals surface area contributed by atoms with Crippen molar-refractivity contribution in [1.29, 1.82) is 0 Å². The molecule has 3 N–H and O–H groups in total. The molecular weight excluding hydrogens is 286 g/mol. The van der Waals surface area contributed by atoms with E-state index in [-0.39, 0.29) is 11.3 Å². The Morgan fingerprint density at radius 3 is 2.20 bits per heavy atom. The summed E-state index contributed by atoms with van der Waals surface area (Å²) in [5, 5.41) is 19.6. The van der Waals surface area contributed by atoms with E-state index in [0.717, 1.165) is 6.26 Å². The number of aliphatic hydroxyl groups is 1. The summed E-state index contributed by atoms with van der Waals surface area (Å²) in [5.41, 5.74) is 0.711. The first kappa shape index (κ1) is 16.1. The molecule has 0 heterocycles. The molecule has 0 saturated carbocycles. The topological polar surface area (TPSA) is 121 Å². The average molecular weight is 301 g/mol. The molecule has 8 heteroatoms. The number of aliphatic hydroxyl groups excluding tert-OH is 1. The van der Waals surface area contributed by atoms with Crippen molar-refractivity contribution in [3.8, 4) is 0 Å². The molecule has 0 aliphatic heterocycles. The van der Waals surface area contributed by atoms with Crippen LogP contribution in [0.25, 0.3) is 0 Å². The number of carboxylic acid groups (broad SMARTS) is 1. The van der Waals surface area contributed by atoms with Crippen molar-refractivity contribution < 1.29 is 28.2 Å². The van der Waals surface area contributed by atoms with Gasteiger partial charge < -0.3 is 15.5 Å². The average Bonchev–Trinajstić information content (AvgIpc) is 2.34. The van der Waals surface area contributed by atoms with Crippen molar-refractivity contribution in [2.75, 3.05) is 12.9 Å².